The van der Waals surface area contributed by atoms with E-state index in [1.54, 1.807) is 0 Å². The molecule has 1 nitrogen and oxygen atoms in total. The summed E-state index contributed by atoms with van der Waals surface area (Å²) < 4.78 is 0. The molecule has 1 atom stereocenters. The van der Waals surface area contributed by atoms with Crippen molar-refractivity contribution < 1.29 is 0 Å². The summed E-state index contributed by atoms with van der Waals surface area (Å²) in [6, 6.07) is 6.56. The fourth-order valence-electron chi connectivity index (χ4n) is 3.05. The summed E-state index contributed by atoms with van der Waals surface area (Å²) >= 11 is 6.31. The SMILES string of the molecule is Cc1ccc(C2(C(C)C)CCCCCN2)cc1Cl. The van der Waals surface area contributed by atoms with E-state index in [1.165, 1.54) is 31.2 Å². The Bertz CT molecular complexity index is 404. The van der Waals surface area contributed by atoms with Crippen molar-refractivity contribution in [1.82, 2.24) is 5.32 Å². The summed E-state index contributed by atoms with van der Waals surface area (Å²) in [7, 11) is 0. The van der Waals surface area contributed by atoms with Gasteiger partial charge in [-0.2, -0.15) is 0 Å². The Labute approximate surface area is 116 Å². The molecule has 0 bridgehead atoms. The molecule has 0 spiro atoms. The number of nitrogens with one attached hydrogen (secondary N) is 1. The van der Waals surface area contributed by atoms with E-state index in [1.807, 2.05) is 0 Å². The molecule has 2 rings (SSSR count). The molecular weight excluding hydrogens is 242 g/mol. The fraction of sp³-hybridized carbons (Fsp3) is 0.625. The van der Waals surface area contributed by atoms with Crippen LogP contribution in [0.3, 0.4) is 0 Å². The molecular formula is C16H24ClN. The van der Waals surface area contributed by atoms with Crippen LogP contribution in [0.1, 0.15) is 50.7 Å². The maximum absolute atomic E-state index is 6.31. The molecule has 0 radical (unpaired) electrons. The lowest BCUT2D eigenvalue weighted by Crippen LogP contribution is -2.46. The first-order chi connectivity index (χ1) is 8.56. The first kappa shape index (κ1) is 13.9. The lowest BCUT2D eigenvalue weighted by molar-refractivity contribution is 0.231. The summed E-state index contributed by atoms with van der Waals surface area (Å²) in [5.41, 5.74) is 2.62. The number of hydrogen-bond acceptors (Lipinski definition) is 1. The summed E-state index contributed by atoms with van der Waals surface area (Å²) in [5, 5.41) is 4.69. The molecule has 1 aliphatic rings. The first-order valence-corrected chi connectivity index (χ1v) is 7.46. The van der Waals surface area contributed by atoms with E-state index in [9.17, 15) is 0 Å². The van der Waals surface area contributed by atoms with E-state index in [2.05, 4.69) is 44.3 Å². The molecule has 1 unspecified atom stereocenters. The highest BCUT2D eigenvalue weighted by molar-refractivity contribution is 6.31. The second-order valence-corrected chi connectivity index (χ2v) is 6.23. The van der Waals surface area contributed by atoms with Gasteiger partial charge in [-0.25, -0.2) is 0 Å². The minimum Gasteiger partial charge on any atom is -0.307 e. The predicted molar refractivity (Wildman–Crippen MR) is 79.2 cm³/mol. The van der Waals surface area contributed by atoms with Gasteiger partial charge >= 0.3 is 0 Å². The Morgan fingerprint density at radius 2 is 2.00 bits per heavy atom. The minimum absolute atomic E-state index is 0.105. The standard InChI is InChI=1S/C16H24ClN/c1-12(2)16(9-5-4-6-10-18-16)14-8-7-13(3)15(17)11-14/h7-8,11-12,18H,4-6,9-10H2,1-3H3. The molecule has 0 saturated carbocycles. The number of halogens is 1. The highest BCUT2D eigenvalue weighted by Crippen LogP contribution is 2.38. The molecule has 18 heavy (non-hydrogen) atoms. The van der Waals surface area contributed by atoms with Crippen molar-refractivity contribution in [2.45, 2.75) is 52.0 Å². The second-order valence-electron chi connectivity index (χ2n) is 5.83. The van der Waals surface area contributed by atoms with Gasteiger partial charge in [-0.3, -0.25) is 0 Å². The van der Waals surface area contributed by atoms with E-state index in [0.717, 1.165) is 17.1 Å². The van der Waals surface area contributed by atoms with E-state index in [-0.39, 0.29) is 5.54 Å². The lowest BCUT2D eigenvalue weighted by Gasteiger charge is -2.39. The quantitative estimate of drug-likeness (QED) is 0.820. The van der Waals surface area contributed by atoms with Gasteiger partial charge in [0, 0.05) is 10.6 Å². The zero-order valence-electron chi connectivity index (χ0n) is 11.7. The van der Waals surface area contributed by atoms with Crippen molar-refractivity contribution in [3.8, 4) is 0 Å². The molecule has 1 fully saturated rings. The molecule has 0 aliphatic carbocycles. The number of benzene rings is 1. The maximum atomic E-state index is 6.31. The van der Waals surface area contributed by atoms with Crippen LogP contribution in [0.15, 0.2) is 18.2 Å². The van der Waals surface area contributed by atoms with Crippen LogP contribution in [0.25, 0.3) is 0 Å². The highest BCUT2D eigenvalue weighted by atomic mass is 35.5. The van der Waals surface area contributed by atoms with E-state index in [4.69, 9.17) is 11.6 Å². The van der Waals surface area contributed by atoms with Crippen LogP contribution in [-0.4, -0.2) is 6.54 Å². The third kappa shape index (κ3) is 2.57. The summed E-state index contributed by atoms with van der Waals surface area (Å²) in [6.07, 6.45) is 5.13. The number of rotatable bonds is 2. The molecule has 1 heterocycles. The topological polar surface area (TPSA) is 12.0 Å². The summed E-state index contributed by atoms with van der Waals surface area (Å²) in [5.74, 6) is 0.578. The second kappa shape index (κ2) is 5.63. The van der Waals surface area contributed by atoms with E-state index in [0.29, 0.717) is 5.92 Å². The number of aryl methyl sites for hydroxylation is 1. The Kier molecular flexibility index (Phi) is 4.34. The molecule has 0 amide bonds. The van der Waals surface area contributed by atoms with Crippen LogP contribution < -0.4 is 5.32 Å². The monoisotopic (exact) mass is 265 g/mol. The third-order valence-corrected chi connectivity index (χ3v) is 4.77. The van der Waals surface area contributed by atoms with Crippen molar-refractivity contribution in [2.75, 3.05) is 6.54 Å². The van der Waals surface area contributed by atoms with Crippen LogP contribution in [0.5, 0.6) is 0 Å². The van der Waals surface area contributed by atoms with Gasteiger partial charge in [0.1, 0.15) is 0 Å². The largest absolute Gasteiger partial charge is 0.307 e. The molecule has 100 valence electrons. The zero-order chi connectivity index (χ0) is 13.2. The smallest absolute Gasteiger partial charge is 0.0458 e. The Balaban J connectivity index is 2.42. The van der Waals surface area contributed by atoms with Crippen LogP contribution >= 0.6 is 11.6 Å². The van der Waals surface area contributed by atoms with Gasteiger partial charge in [0.15, 0.2) is 0 Å². The number of hydrogen-bond donors (Lipinski definition) is 1. The molecule has 1 aromatic rings. The molecule has 1 N–H and O–H groups in total. The lowest BCUT2D eigenvalue weighted by atomic mass is 9.76. The third-order valence-electron chi connectivity index (χ3n) is 4.36. The summed E-state index contributed by atoms with van der Waals surface area (Å²) in [6.45, 7) is 7.80. The average Bonchev–Trinajstić information content (AvgIpc) is 2.59. The Morgan fingerprint density at radius 1 is 1.22 bits per heavy atom. The summed E-state index contributed by atoms with van der Waals surface area (Å²) in [4.78, 5) is 0. The zero-order valence-corrected chi connectivity index (χ0v) is 12.5. The van der Waals surface area contributed by atoms with Crippen molar-refractivity contribution in [3.63, 3.8) is 0 Å². The minimum atomic E-state index is 0.105. The van der Waals surface area contributed by atoms with Gasteiger partial charge in [-0.1, -0.05) is 50.4 Å². The van der Waals surface area contributed by atoms with Gasteiger partial charge in [-0.05, 0) is 49.4 Å². The van der Waals surface area contributed by atoms with Crippen molar-refractivity contribution in [3.05, 3.63) is 34.3 Å². The van der Waals surface area contributed by atoms with Crippen LogP contribution in [0.4, 0.5) is 0 Å². The van der Waals surface area contributed by atoms with Crippen LogP contribution in [0.2, 0.25) is 5.02 Å². The van der Waals surface area contributed by atoms with Crippen molar-refractivity contribution in [1.29, 1.82) is 0 Å². The predicted octanol–water partition coefficient (Wildman–Crippen LogP) is 4.66. The molecule has 1 aliphatic heterocycles. The van der Waals surface area contributed by atoms with E-state index >= 15 is 0 Å². The Hall–Kier alpha value is -0.530. The van der Waals surface area contributed by atoms with Crippen LogP contribution in [0, 0.1) is 12.8 Å². The van der Waals surface area contributed by atoms with Crippen LogP contribution in [-0.2, 0) is 5.54 Å². The normalized spacial score (nSPS) is 25.2. The van der Waals surface area contributed by atoms with Gasteiger partial charge in [0.2, 0.25) is 0 Å². The van der Waals surface area contributed by atoms with Crippen molar-refractivity contribution >= 4 is 11.6 Å². The van der Waals surface area contributed by atoms with Gasteiger partial charge in [0.25, 0.3) is 0 Å². The Morgan fingerprint density at radius 3 is 2.67 bits per heavy atom. The highest BCUT2D eigenvalue weighted by Gasteiger charge is 2.35. The fourth-order valence-corrected chi connectivity index (χ4v) is 3.23. The first-order valence-electron chi connectivity index (χ1n) is 7.08. The van der Waals surface area contributed by atoms with Gasteiger partial charge < -0.3 is 5.32 Å². The molecule has 1 aromatic carbocycles. The molecule has 1 saturated heterocycles. The van der Waals surface area contributed by atoms with Gasteiger partial charge in [-0.15, -0.1) is 0 Å². The maximum Gasteiger partial charge on any atom is 0.0458 e. The molecule has 0 aromatic heterocycles. The van der Waals surface area contributed by atoms with Crippen molar-refractivity contribution in [2.24, 2.45) is 5.92 Å². The van der Waals surface area contributed by atoms with E-state index < -0.39 is 0 Å². The van der Waals surface area contributed by atoms with Gasteiger partial charge in [0.05, 0.1) is 0 Å². The average molecular weight is 266 g/mol. The molecule has 2 heteroatoms.